The van der Waals surface area contributed by atoms with Gasteiger partial charge in [-0.3, -0.25) is 9.78 Å². The molecule has 2 bridgehead atoms. The maximum Gasteiger partial charge on any atom is 0.410 e. The number of halogens is 1. The van der Waals surface area contributed by atoms with Crippen LogP contribution in [0.25, 0.3) is 10.9 Å². The summed E-state index contributed by atoms with van der Waals surface area (Å²) in [6.45, 7) is 6.95. The van der Waals surface area contributed by atoms with Gasteiger partial charge in [0.05, 0.1) is 30.2 Å². The molecule has 12 heteroatoms. The maximum absolute atomic E-state index is 13.5. The van der Waals surface area contributed by atoms with E-state index in [2.05, 4.69) is 9.55 Å². The van der Waals surface area contributed by atoms with Gasteiger partial charge in [-0.2, -0.15) is 4.31 Å². The van der Waals surface area contributed by atoms with Crippen LogP contribution in [0.3, 0.4) is 0 Å². The quantitative estimate of drug-likeness (QED) is 0.344. The zero-order valence-corrected chi connectivity index (χ0v) is 27.1. The van der Waals surface area contributed by atoms with Crippen molar-refractivity contribution in [1.82, 2.24) is 18.8 Å². The highest BCUT2D eigenvalue weighted by molar-refractivity contribution is 7.89. The number of hydrogen-bond donors (Lipinski definition) is 0. The summed E-state index contributed by atoms with van der Waals surface area (Å²) in [7, 11) is -3.54. The third-order valence-corrected chi connectivity index (χ3v) is 11.0. The summed E-state index contributed by atoms with van der Waals surface area (Å²) in [6.07, 6.45) is 7.35. The first-order chi connectivity index (χ1) is 20.9. The summed E-state index contributed by atoms with van der Waals surface area (Å²) in [5.74, 6) is 0.0472. The van der Waals surface area contributed by atoms with Gasteiger partial charge in [-0.1, -0.05) is 11.6 Å². The van der Waals surface area contributed by atoms with Crippen molar-refractivity contribution in [3.05, 3.63) is 59.0 Å². The van der Waals surface area contributed by atoms with Crippen molar-refractivity contribution < 1.29 is 22.7 Å². The first kappa shape index (κ1) is 30.9. The summed E-state index contributed by atoms with van der Waals surface area (Å²) >= 11 is 6.33. The number of amides is 2. The van der Waals surface area contributed by atoms with Crippen LogP contribution in [-0.4, -0.2) is 75.7 Å². The molecule has 0 spiro atoms. The number of likely N-dealkylation sites (tertiary alicyclic amines) is 1. The lowest BCUT2D eigenvalue weighted by Crippen LogP contribution is -2.52. The average Bonchev–Trinajstić information content (AvgIpc) is 3.66. The van der Waals surface area contributed by atoms with Crippen LogP contribution in [0.1, 0.15) is 64.1 Å². The van der Waals surface area contributed by atoms with Crippen LogP contribution in [0.4, 0.5) is 10.5 Å². The van der Waals surface area contributed by atoms with E-state index in [-0.39, 0.29) is 29.8 Å². The van der Waals surface area contributed by atoms with Crippen LogP contribution in [0.2, 0.25) is 5.02 Å². The highest BCUT2D eigenvalue weighted by atomic mass is 35.5. The highest BCUT2D eigenvalue weighted by Gasteiger charge is 2.50. The molecule has 44 heavy (non-hydrogen) atoms. The number of aromatic nitrogens is 2. The fourth-order valence-electron chi connectivity index (χ4n) is 6.80. The molecule has 0 aliphatic carbocycles. The van der Waals surface area contributed by atoms with E-state index in [9.17, 15) is 18.0 Å². The highest BCUT2D eigenvalue weighted by Crippen LogP contribution is 2.35. The third kappa shape index (κ3) is 6.32. The molecule has 10 nitrogen and oxygen atoms in total. The Morgan fingerprint density at radius 1 is 1.09 bits per heavy atom. The van der Waals surface area contributed by atoms with Crippen LogP contribution in [0.15, 0.2) is 42.7 Å². The lowest BCUT2D eigenvalue weighted by atomic mass is 10.0. The van der Waals surface area contributed by atoms with Gasteiger partial charge in [-0.15, -0.1) is 0 Å². The molecule has 0 saturated carbocycles. The number of nitrogens with zero attached hydrogens (tertiary/aromatic N) is 5. The summed E-state index contributed by atoms with van der Waals surface area (Å²) in [5, 5.41) is 1.56. The number of ether oxygens (including phenoxy) is 1. The van der Waals surface area contributed by atoms with E-state index in [1.807, 2.05) is 56.0 Å². The van der Waals surface area contributed by atoms with Gasteiger partial charge in [0.15, 0.2) is 0 Å². The fraction of sp³-hybridized carbons (Fsp3) is 0.531. The van der Waals surface area contributed by atoms with E-state index >= 15 is 0 Å². The minimum absolute atomic E-state index is 0.00917. The van der Waals surface area contributed by atoms with Gasteiger partial charge in [0.25, 0.3) is 0 Å². The third-order valence-electron chi connectivity index (χ3n) is 8.80. The predicted molar refractivity (Wildman–Crippen MR) is 170 cm³/mol. The number of hydrogen-bond acceptors (Lipinski definition) is 6. The van der Waals surface area contributed by atoms with Gasteiger partial charge >= 0.3 is 6.09 Å². The first-order valence-electron chi connectivity index (χ1n) is 15.4. The molecular weight excluding hydrogens is 602 g/mol. The number of carbonyl (C=O) groups excluding carboxylic acids is 2. The van der Waals surface area contributed by atoms with Crippen LogP contribution in [0.5, 0.6) is 0 Å². The Morgan fingerprint density at radius 2 is 1.89 bits per heavy atom. The standard InChI is InChI=1S/C32H40ClN5O5S/c1-32(2,3)43-31(40)36-20-27-17-26(36)21-38(27)44(41,42)14-6-13-35-25(16-23-15-24(33)9-10-28(23)35)19-37-29-18-34-12-11-22(29)7-4-5-8-30(37)39/h9-12,15-16,18,26-27H,4-8,13-14,17,19-21H2,1-3H3/t26-,27-/m1/s1. The van der Waals surface area contributed by atoms with E-state index in [0.29, 0.717) is 50.5 Å². The molecule has 6 rings (SSSR count). The van der Waals surface area contributed by atoms with E-state index in [4.69, 9.17) is 16.3 Å². The lowest BCUT2D eigenvalue weighted by molar-refractivity contribution is -0.119. The Morgan fingerprint density at radius 3 is 2.64 bits per heavy atom. The molecule has 0 N–H and O–H groups in total. The minimum atomic E-state index is -3.54. The lowest BCUT2D eigenvalue weighted by Gasteiger charge is -2.34. The number of fused-ring (bicyclic) bond motifs is 4. The first-order valence-corrected chi connectivity index (χ1v) is 17.4. The largest absolute Gasteiger partial charge is 0.444 e. The van der Waals surface area contributed by atoms with Crippen molar-refractivity contribution in [2.24, 2.45) is 0 Å². The second-order valence-electron chi connectivity index (χ2n) is 13.1. The summed E-state index contributed by atoms with van der Waals surface area (Å²) < 4.78 is 36.3. The molecule has 236 valence electrons. The van der Waals surface area contributed by atoms with Gasteiger partial charge in [-0.25, -0.2) is 13.2 Å². The summed E-state index contributed by atoms with van der Waals surface area (Å²) in [5.41, 5.74) is 3.20. The molecule has 3 aromatic rings. The number of aryl methyl sites for hydroxylation is 2. The van der Waals surface area contributed by atoms with Crippen molar-refractivity contribution in [1.29, 1.82) is 0 Å². The molecule has 1 aromatic carbocycles. The number of carbonyl (C=O) groups is 2. The molecule has 0 radical (unpaired) electrons. The predicted octanol–water partition coefficient (Wildman–Crippen LogP) is 5.36. The fourth-order valence-corrected chi connectivity index (χ4v) is 8.71. The maximum atomic E-state index is 13.5. The number of rotatable bonds is 7. The Bertz CT molecular complexity index is 1680. The van der Waals surface area contributed by atoms with Crippen molar-refractivity contribution >= 4 is 50.2 Å². The number of sulfonamides is 1. The van der Waals surface area contributed by atoms with Crippen LogP contribution in [-0.2, 0) is 39.1 Å². The SMILES string of the molecule is CC(C)(C)OC(=O)N1C[C@H]2C[C@@H]1CN2S(=O)(=O)CCCn1c(CN2C(=O)CCCCc3ccncc32)cc2cc(Cl)ccc21. The molecule has 3 aliphatic heterocycles. The second-order valence-corrected chi connectivity index (χ2v) is 15.6. The van der Waals surface area contributed by atoms with Gasteiger partial charge in [0.2, 0.25) is 15.9 Å². The monoisotopic (exact) mass is 641 g/mol. The van der Waals surface area contributed by atoms with Gasteiger partial charge in [0, 0.05) is 59.9 Å². The molecular formula is C32H40ClN5O5S. The molecule has 5 heterocycles. The Balaban J connectivity index is 1.18. The molecule has 2 saturated heterocycles. The van der Waals surface area contributed by atoms with E-state index in [1.54, 1.807) is 21.6 Å². The van der Waals surface area contributed by atoms with Gasteiger partial charge in [0.1, 0.15) is 5.60 Å². The molecule has 0 unspecified atom stereocenters. The van der Waals surface area contributed by atoms with Gasteiger partial charge in [-0.05, 0) is 88.8 Å². The topological polar surface area (TPSA) is 105 Å². The van der Waals surface area contributed by atoms with Crippen LogP contribution >= 0.6 is 11.6 Å². The summed E-state index contributed by atoms with van der Waals surface area (Å²) in [4.78, 5) is 33.8. The van der Waals surface area contributed by atoms with Crippen molar-refractivity contribution in [3.8, 4) is 0 Å². The van der Waals surface area contributed by atoms with Crippen molar-refractivity contribution in [2.75, 3.05) is 23.7 Å². The Labute approximate surface area is 264 Å². The number of pyridine rings is 1. The van der Waals surface area contributed by atoms with E-state index < -0.39 is 15.6 Å². The van der Waals surface area contributed by atoms with Crippen LogP contribution in [0, 0.1) is 0 Å². The molecule has 2 fully saturated rings. The number of anilines is 1. The van der Waals surface area contributed by atoms with Crippen molar-refractivity contribution in [3.63, 3.8) is 0 Å². The smallest absolute Gasteiger partial charge is 0.410 e. The van der Waals surface area contributed by atoms with Crippen LogP contribution < -0.4 is 4.90 Å². The zero-order chi connectivity index (χ0) is 31.2. The Kier molecular flexibility index (Phi) is 8.40. The zero-order valence-electron chi connectivity index (χ0n) is 25.5. The second kappa shape index (κ2) is 12.0. The molecule has 3 aliphatic rings. The van der Waals surface area contributed by atoms with Crippen molar-refractivity contribution in [2.45, 2.75) is 90.1 Å². The Hall–Kier alpha value is -3.15. The summed E-state index contributed by atoms with van der Waals surface area (Å²) in [6, 6.07) is 9.32. The molecule has 2 atom stereocenters. The molecule has 2 amide bonds. The molecule has 2 aromatic heterocycles. The minimum Gasteiger partial charge on any atom is -0.444 e. The van der Waals surface area contributed by atoms with E-state index in [1.165, 1.54) is 0 Å². The van der Waals surface area contributed by atoms with E-state index in [0.717, 1.165) is 47.1 Å². The number of benzene rings is 1. The van der Waals surface area contributed by atoms with Gasteiger partial charge < -0.3 is 19.1 Å². The number of piperazine rings is 1. The average molecular weight is 642 g/mol. The normalized spacial score (nSPS) is 21.0.